The van der Waals surface area contributed by atoms with E-state index in [1.54, 1.807) is 37.3 Å². The first-order valence-electron chi connectivity index (χ1n) is 10.5. The fraction of sp³-hybridized carbons (Fsp3) is 0.115. The molecule has 0 saturated carbocycles. The maximum Gasteiger partial charge on any atom is 0.513 e. The Labute approximate surface area is 196 Å². The lowest BCUT2D eigenvalue weighted by Crippen LogP contribution is -2.22. The number of benzene rings is 3. The smallest absolute Gasteiger partial charge is 0.434 e. The third-order valence-corrected chi connectivity index (χ3v) is 4.50. The molecule has 0 unspecified atom stereocenters. The van der Waals surface area contributed by atoms with Crippen LogP contribution in [0.5, 0.6) is 5.75 Å². The van der Waals surface area contributed by atoms with E-state index < -0.39 is 6.16 Å². The summed E-state index contributed by atoms with van der Waals surface area (Å²) in [5.74, 6) is -0.783. The molecule has 0 heterocycles. The molecule has 3 aromatic rings. The van der Waals surface area contributed by atoms with Crippen molar-refractivity contribution in [2.75, 3.05) is 11.9 Å². The van der Waals surface area contributed by atoms with Crippen LogP contribution in [0.4, 0.5) is 14.9 Å². The number of carbonyl (C=O) groups excluding carboxylic acids is 3. The van der Waals surface area contributed by atoms with Crippen LogP contribution in [0, 0.1) is 5.82 Å². The van der Waals surface area contributed by atoms with Crippen LogP contribution in [0.15, 0.2) is 78.9 Å². The van der Waals surface area contributed by atoms with E-state index in [2.05, 4.69) is 10.6 Å². The molecule has 0 fully saturated rings. The molecule has 0 bridgehead atoms. The largest absolute Gasteiger partial charge is 0.513 e. The maximum atomic E-state index is 13.2. The van der Waals surface area contributed by atoms with Crippen LogP contribution in [-0.4, -0.2) is 24.6 Å². The van der Waals surface area contributed by atoms with Crippen LogP contribution in [-0.2, 0) is 16.1 Å². The van der Waals surface area contributed by atoms with E-state index in [9.17, 15) is 18.8 Å². The Morgan fingerprint density at radius 2 is 1.74 bits per heavy atom. The van der Waals surface area contributed by atoms with Gasteiger partial charge in [-0.25, -0.2) is 9.18 Å². The third-order valence-electron chi connectivity index (χ3n) is 4.50. The number of ether oxygens (including phenoxy) is 2. The van der Waals surface area contributed by atoms with Crippen molar-refractivity contribution in [3.8, 4) is 5.75 Å². The van der Waals surface area contributed by atoms with Gasteiger partial charge < -0.3 is 20.1 Å². The van der Waals surface area contributed by atoms with E-state index in [1.165, 1.54) is 48.6 Å². The van der Waals surface area contributed by atoms with Gasteiger partial charge in [0.25, 0.3) is 5.91 Å². The minimum absolute atomic E-state index is 0.204. The highest BCUT2D eigenvalue weighted by atomic mass is 19.1. The first-order valence-corrected chi connectivity index (χ1v) is 10.5. The number of halogens is 1. The van der Waals surface area contributed by atoms with E-state index in [0.29, 0.717) is 16.8 Å². The molecule has 0 saturated heterocycles. The summed E-state index contributed by atoms with van der Waals surface area (Å²) in [6, 6.07) is 19.0. The Hall–Kier alpha value is -4.46. The van der Waals surface area contributed by atoms with Crippen molar-refractivity contribution in [2.45, 2.75) is 13.5 Å². The lowest BCUT2D eigenvalue weighted by molar-refractivity contribution is -0.111. The van der Waals surface area contributed by atoms with Crippen molar-refractivity contribution in [1.29, 1.82) is 0 Å². The predicted molar refractivity (Wildman–Crippen MR) is 126 cm³/mol. The van der Waals surface area contributed by atoms with Crippen molar-refractivity contribution >= 4 is 29.7 Å². The third kappa shape index (κ3) is 7.59. The fourth-order valence-corrected chi connectivity index (χ4v) is 2.93. The highest BCUT2D eigenvalue weighted by Crippen LogP contribution is 2.14. The quantitative estimate of drug-likeness (QED) is 0.281. The molecule has 7 nitrogen and oxygen atoms in total. The van der Waals surface area contributed by atoms with E-state index in [1.807, 2.05) is 6.07 Å². The number of carbonyl (C=O) groups is 3. The number of amides is 2. The highest BCUT2D eigenvalue weighted by Gasteiger charge is 2.09. The number of rotatable bonds is 8. The van der Waals surface area contributed by atoms with Gasteiger partial charge in [-0.1, -0.05) is 24.3 Å². The fourth-order valence-electron chi connectivity index (χ4n) is 2.93. The van der Waals surface area contributed by atoms with Gasteiger partial charge in [-0.15, -0.1) is 0 Å². The Bertz CT molecular complexity index is 1190. The van der Waals surface area contributed by atoms with Gasteiger partial charge >= 0.3 is 6.16 Å². The Kier molecular flexibility index (Phi) is 8.51. The zero-order valence-corrected chi connectivity index (χ0v) is 18.4. The van der Waals surface area contributed by atoms with Crippen molar-refractivity contribution in [1.82, 2.24) is 5.32 Å². The molecule has 0 aliphatic rings. The zero-order valence-electron chi connectivity index (χ0n) is 18.4. The van der Waals surface area contributed by atoms with Crippen molar-refractivity contribution < 1.29 is 28.2 Å². The second kappa shape index (κ2) is 12.0. The molecule has 2 N–H and O–H groups in total. The molecule has 0 atom stereocenters. The molecule has 2 amide bonds. The number of hydrogen-bond acceptors (Lipinski definition) is 5. The zero-order chi connectivity index (χ0) is 24.3. The molecule has 0 radical (unpaired) electrons. The molecule has 0 aliphatic heterocycles. The lowest BCUT2D eigenvalue weighted by Gasteiger charge is -2.09. The second-order valence-electron chi connectivity index (χ2n) is 7.07. The SMILES string of the molecule is CCOC(=O)Oc1ccc(C(=O)NCc2cccc(NC(=O)/C=C/c3cccc(F)c3)c2)cc1. The molecule has 34 heavy (non-hydrogen) atoms. The molecular formula is C26H23FN2O5. The van der Waals surface area contributed by atoms with E-state index in [0.717, 1.165) is 5.56 Å². The van der Waals surface area contributed by atoms with Gasteiger partial charge in [-0.2, -0.15) is 0 Å². The second-order valence-corrected chi connectivity index (χ2v) is 7.07. The lowest BCUT2D eigenvalue weighted by atomic mass is 10.1. The normalized spacial score (nSPS) is 10.5. The number of nitrogens with one attached hydrogen (secondary N) is 2. The monoisotopic (exact) mass is 462 g/mol. The topological polar surface area (TPSA) is 93.7 Å². The molecule has 174 valence electrons. The molecule has 8 heteroatoms. The van der Waals surface area contributed by atoms with Crippen LogP contribution < -0.4 is 15.4 Å². The molecule has 0 aliphatic carbocycles. The van der Waals surface area contributed by atoms with E-state index in [4.69, 9.17) is 9.47 Å². The highest BCUT2D eigenvalue weighted by molar-refractivity contribution is 6.02. The molecule has 0 spiro atoms. The van der Waals surface area contributed by atoms with E-state index in [-0.39, 0.29) is 36.5 Å². The van der Waals surface area contributed by atoms with Crippen LogP contribution in [0.2, 0.25) is 0 Å². The summed E-state index contributed by atoms with van der Waals surface area (Å²) in [7, 11) is 0. The Balaban J connectivity index is 1.52. The van der Waals surface area contributed by atoms with Gasteiger partial charge in [0, 0.05) is 23.9 Å². The Morgan fingerprint density at radius 3 is 2.47 bits per heavy atom. The number of hydrogen-bond donors (Lipinski definition) is 2. The maximum absolute atomic E-state index is 13.2. The first-order chi connectivity index (χ1) is 16.4. The summed E-state index contributed by atoms with van der Waals surface area (Å²) in [5.41, 5.74) is 2.30. The predicted octanol–water partition coefficient (Wildman–Crippen LogP) is 4.94. The minimum atomic E-state index is -0.809. The van der Waals surface area contributed by atoms with E-state index >= 15 is 0 Å². The van der Waals surface area contributed by atoms with Crippen LogP contribution in [0.25, 0.3) is 6.08 Å². The van der Waals surface area contributed by atoms with Gasteiger partial charge in [0.2, 0.25) is 5.91 Å². The number of anilines is 1. The van der Waals surface area contributed by atoms with Crippen molar-refractivity contribution in [3.63, 3.8) is 0 Å². The van der Waals surface area contributed by atoms with Gasteiger partial charge in [0.15, 0.2) is 0 Å². The summed E-state index contributed by atoms with van der Waals surface area (Å²) in [6.45, 7) is 2.11. The Morgan fingerprint density at radius 1 is 0.971 bits per heavy atom. The van der Waals surface area contributed by atoms with Crippen molar-refractivity contribution in [2.24, 2.45) is 0 Å². The summed E-state index contributed by atoms with van der Waals surface area (Å²) in [5, 5.41) is 5.53. The molecule has 3 rings (SSSR count). The van der Waals surface area contributed by atoms with Gasteiger partial charge in [-0.05, 0) is 72.7 Å². The average Bonchev–Trinajstić information content (AvgIpc) is 2.82. The molecule has 3 aromatic carbocycles. The summed E-state index contributed by atoms with van der Waals surface area (Å²) < 4.78 is 22.9. The summed E-state index contributed by atoms with van der Waals surface area (Å²) in [6.07, 6.45) is 2.03. The van der Waals surface area contributed by atoms with Crippen molar-refractivity contribution in [3.05, 3.63) is 101 Å². The standard InChI is InChI=1S/C26H23FN2O5/c1-2-33-26(32)34-23-12-10-20(11-13-23)25(31)28-17-19-6-4-8-22(16-19)29-24(30)14-9-18-5-3-7-21(27)15-18/h3-16H,2,17H2,1H3,(H,28,31)(H,29,30)/b14-9+. The van der Waals surface area contributed by atoms with Crippen LogP contribution in [0.1, 0.15) is 28.4 Å². The minimum Gasteiger partial charge on any atom is -0.434 e. The molecule has 0 aromatic heterocycles. The van der Waals surface area contributed by atoms with Gasteiger partial charge in [0.05, 0.1) is 6.61 Å². The first kappa shape index (κ1) is 24.2. The van der Waals surface area contributed by atoms with Gasteiger partial charge in [-0.3, -0.25) is 9.59 Å². The summed E-state index contributed by atoms with van der Waals surface area (Å²) in [4.78, 5) is 35.9. The average molecular weight is 462 g/mol. The summed E-state index contributed by atoms with van der Waals surface area (Å²) >= 11 is 0. The molecular weight excluding hydrogens is 439 g/mol. The van der Waals surface area contributed by atoms with Gasteiger partial charge in [0.1, 0.15) is 11.6 Å². The van der Waals surface area contributed by atoms with Crippen LogP contribution >= 0.6 is 0 Å². The van der Waals surface area contributed by atoms with Crippen LogP contribution in [0.3, 0.4) is 0 Å².